The molecular formula is C40H28F3N7O5. The number of amides is 2. The normalized spacial score (nSPS) is 10.8. The molecule has 0 saturated heterocycles. The topological polar surface area (TPSA) is 161 Å². The number of nitrogens with zero attached hydrogens (tertiary/aromatic N) is 3. The number of nitrogens with one attached hydrogen (secondary N) is 4. The van der Waals surface area contributed by atoms with Crippen LogP contribution in [0, 0.1) is 22.7 Å². The summed E-state index contributed by atoms with van der Waals surface area (Å²) in [6.45, 7) is 1.32. The molecule has 0 aliphatic carbocycles. The van der Waals surface area contributed by atoms with Gasteiger partial charge in [0.15, 0.2) is 0 Å². The predicted molar refractivity (Wildman–Crippen MR) is 198 cm³/mol. The van der Waals surface area contributed by atoms with Gasteiger partial charge in [-0.05, 0) is 78.9 Å². The van der Waals surface area contributed by atoms with Gasteiger partial charge in [0, 0.05) is 61.5 Å². The van der Waals surface area contributed by atoms with Crippen LogP contribution in [-0.4, -0.2) is 31.8 Å². The number of aromatic amines is 2. The van der Waals surface area contributed by atoms with Crippen LogP contribution in [0.2, 0.25) is 0 Å². The largest absolute Gasteiger partial charge is 0.618 e. The van der Waals surface area contributed by atoms with E-state index in [1.807, 2.05) is 6.07 Å². The molecule has 0 spiro atoms. The van der Waals surface area contributed by atoms with Gasteiger partial charge in [-0.25, -0.2) is 23.1 Å². The van der Waals surface area contributed by atoms with E-state index >= 15 is 0 Å². The Morgan fingerprint density at radius 3 is 1.76 bits per heavy atom. The summed E-state index contributed by atoms with van der Waals surface area (Å²) in [5.74, 6) is -1.23. The Bertz CT molecular complexity index is 2680. The maximum Gasteiger partial charge on any atom is 0.321 e. The van der Waals surface area contributed by atoms with Crippen LogP contribution in [0.4, 0.5) is 24.5 Å². The van der Waals surface area contributed by atoms with E-state index in [9.17, 15) is 28.0 Å². The number of pyridine rings is 3. The lowest BCUT2D eigenvalue weighted by atomic mass is 10.1. The van der Waals surface area contributed by atoms with E-state index in [4.69, 9.17) is 9.47 Å². The number of ether oxygens (including phenoxy) is 2. The van der Waals surface area contributed by atoms with Crippen molar-refractivity contribution >= 4 is 45.3 Å². The minimum atomic E-state index is -0.797. The summed E-state index contributed by atoms with van der Waals surface area (Å²) in [4.78, 5) is 37.9. The maximum atomic E-state index is 14.7. The highest BCUT2D eigenvalue weighted by Crippen LogP contribution is 2.32. The van der Waals surface area contributed by atoms with Crippen LogP contribution in [-0.2, 0) is 4.79 Å². The SMILES string of the molecule is CC(=O)Nc1ccc(Oc2ccnc3[nH]ccc23)cc1F.O=C(Nc1ccc(Oc2ccnc3[nH]ccc23)cc1F)c1cccc(-c2ccc(F)cc2)[n+]1[O-]. The number of benzene rings is 3. The number of rotatable bonds is 8. The molecule has 4 N–H and O–H groups in total. The second-order valence-electron chi connectivity index (χ2n) is 11.8. The average molecular weight is 744 g/mol. The maximum absolute atomic E-state index is 14.7. The van der Waals surface area contributed by atoms with Crippen molar-refractivity contribution in [2.24, 2.45) is 0 Å². The first kappa shape index (κ1) is 35.7. The molecule has 3 aromatic carbocycles. The van der Waals surface area contributed by atoms with Crippen molar-refractivity contribution < 1.29 is 37.0 Å². The minimum Gasteiger partial charge on any atom is -0.618 e. The summed E-state index contributed by atoms with van der Waals surface area (Å²) in [6, 6.07) is 24.9. The number of halogens is 3. The molecule has 2 amide bonds. The fraction of sp³-hybridized carbons (Fsp3) is 0.0250. The smallest absolute Gasteiger partial charge is 0.321 e. The molecule has 55 heavy (non-hydrogen) atoms. The molecule has 0 saturated carbocycles. The van der Waals surface area contributed by atoms with E-state index in [1.54, 1.807) is 49.1 Å². The van der Waals surface area contributed by atoms with E-state index in [2.05, 4.69) is 30.6 Å². The molecule has 274 valence electrons. The van der Waals surface area contributed by atoms with Crippen LogP contribution in [0.3, 0.4) is 0 Å². The Kier molecular flexibility index (Phi) is 10.1. The fourth-order valence-electron chi connectivity index (χ4n) is 5.50. The zero-order valence-corrected chi connectivity index (χ0v) is 28.6. The number of aromatic nitrogens is 5. The molecule has 8 aromatic rings. The molecule has 15 heteroatoms. The number of hydrogen-bond donors (Lipinski definition) is 4. The second-order valence-corrected chi connectivity index (χ2v) is 11.8. The zero-order valence-electron chi connectivity index (χ0n) is 28.6. The number of carbonyl (C=O) groups excluding carboxylic acids is 2. The van der Waals surface area contributed by atoms with Gasteiger partial charge in [-0.15, -0.1) is 0 Å². The Morgan fingerprint density at radius 1 is 0.691 bits per heavy atom. The van der Waals surface area contributed by atoms with Crippen molar-refractivity contribution in [1.29, 1.82) is 0 Å². The molecular weight excluding hydrogens is 715 g/mol. The summed E-state index contributed by atoms with van der Waals surface area (Å²) in [5, 5.41) is 19.1. The molecule has 0 atom stereocenters. The summed E-state index contributed by atoms with van der Waals surface area (Å²) in [6.07, 6.45) is 6.65. The van der Waals surface area contributed by atoms with Gasteiger partial charge in [0.1, 0.15) is 51.7 Å². The van der Waals surface area contributed by atoms with E-state index in [1.165, 1.54) is 73.7 Å². The summed E-state index contributed by atoms with van der Waals surface area (Å²) < 4.78 is 53.7. The first-order valence-corrected chi connectivity index (χ1v) is 16.5. The third-order valence-corrected chi connectivity index (χ3v) is 8.05. The highest BCUT2D eigenvalue weighted by Gasteiger charge is 2.21. The number of anilines is 2. The Balaban J connectivity index is 0.000000190. The van der Waals surface area contributed by atoms with Gasteiger partial charge in [-0.3, -0.25) is 9.59 Å². The molecule has 8 rings (SSSR count). The third-order valence-electron chi connectivity index (χ3n) is 8.05. The van der Waals surface area contributed by atoms with Crippen LogP contribution in [0.5, 0.6) is 23.0 Å². The number of carbonyl (C=O) groups is 2. The van der Waals surface area contributed by atoms with Crippen molar-refractivity contribution in [2.75, 3.05) is 10.6 Å². The van der Waals surface area contributed by atoms with Crippen molar-refractivity contribution in [1.82, 2.24) is 19.9 Å². The van der Waals surface area contributed by atoms with Crippen molar-refractivity contribution in [3.8, 4) is 34.3 Å². The number of fused-ring (bicyclic) bond motifs is 2. The van der Waals surface area contributed by atoms with E-state index < -0.39 is 23.4 Å². The van der Waals surface area contributed by atoms with Gasteiger partial charge in [-0.2, -0.15) is 4.73 Å². The fourth-order valence-corrected chi connectivity index (χ4v) is 5.50. The lowest BCUT2D eigenvalue weighted by molar-refractivity contribution is -0.595. The standard InChI is InChI=1S/C25H16F2N4O3.C15H12FN3O2/c26-16-6-4-15(5-7-16)21-2-1-3-22(31(21)33)25(32)30-20-9-8-17(14-19(20)27)34-23-11-13-29-24-18(23)10-12-28-24;1-9(20)19-13-3-2-10(8-12(13)16)21-14-5-7-18-15-11(14)4-6-17-15/h1-14H,(H,28,29)(H,30,32);2-8H,1H3,(H,17,18)(H,19,20). The first-order chi connectivity index (χ1) is 26.6. The van der Waals surface area contributed by atoms with Gasteiger partial charge >= 0.3 is 5.91 Å². The molecule has 0 aliphatic rings. The molecule has 0 aliphatic heterocycles. The summed E-state index contributed by atoms with van der Waals surface area (Å²) in [5.41, 5.74) is 1.69. The summed E-state index contributed by atoms with van der Waals surface area (Å²) >= 11 is 0. The molecule has 0 fully saturated rings. The molecule has 5 heterocycles. The van der Waals surface area contributed by atoms with Gasteiger partial charge < -0.3 is 35.3 Å². The van der Waals surface area contributed by atoms with E-state index in [0.717, 1.165) is 16.8 Å². The van der Waals surface area contributed by atoms with Crippen LogP contribution in [0.25, 0.3) is 33.3 Å². The zero-order chi connectivity index (χ0) is 38.5. The lowest BCUT2D eigenvalue weighted by Gasteiger charge is -2.11. The summed E-state index contributed by atoms with van der Waals surface area (Å²) in [7, 11) is 0. The molecule has 0 bridgehead atoms. The van der Waals surface area contributed by atoms with Crippen LogP contribution >= 0.6 is 0 Å². The molecule has 5 aromatic heterocycles. The average Bonchev–Trinajstić information content (AvgIpc) is 3.86. The minimum absolute atomic E-state index is 0.119. The number of H-pyrrole nitrogens is 2. The van der Waals surface area contributed by atoms with Crippen LogP contribution in [0.15, 0.2) is 128 Å². The molecule has 12 nitrogen and oxygen atoms in total. The molecule has 0 unspecified atom stereocenters. The second kappa shape index (κ2) is 15.5. The van der Waals surface area contributed by atoms with Gasteiger partial charge in [0.2, 0.25) is 11.6 Å². The Labute approximate surface area is 309 Å². The highest BCUT2D eigenvalue weighted by atomic mass is 19.1. The van der Waals surface area contributed by atoms with Crippen LogP contribution < -0.4 is 24.8 Å². The predicted octanol–water partition coefficient (Wildman–Crippen LogP) is 8.64. The van der Waals surface area contributed by atoms with E-state index in [0.29, 0.717) is 38.8 Å². The Morgan fingerprint density at radius 2 is 1.24 bits per heavy atom. The number of hydrogen-bond acceptors (Lipinski definition) is 7. The van der Waals surface area contributed by atoms with Crippen molar-refractivity contribution in [3.63, 3.8) is 0 Å². The first-order valence-electron chi connectivity index (χ1n) is 16.5. The quantitative estimate of drug-likeness (QED) is 0.0895. The monoisotopic (exact) mass is 743 g/mol. The Hall–Kier alpha value is -7.68. The lowest BCUT2D eigenvalue weighted by Crippen LogP contribution is -2.38. The third kappa shape index (κ3) is 8.05. The molecule has 0 radical (unpaired) electrons. The van der Waals surface area contributed by atoms with Gasteiger partial charge in [0.25, 0.3) is 5.69 Å². The highest BCUT2D eigenvalue weighted by molar-refractivity contribution is 6.02. The van der Waals surface area contributed by atoms with Crippen molar-refractivity contribution in [2.45, 2.75) is 6.92 Å². The van der Waals surface area contributed by atoms with E-state index in [-0.39, 0.29) is 34.4 Å². The van der Waals surface area contributed by atoms with Gasteiger partial charge in [-0.1, -0.05) is 0 Å². The van der Waals surface area contributed by atoms with Crippen LogP contribution in [0.1, 0.15) is 17.4 Å². The van der Waals surface area contributed by atoms with Crippen molar-refractivity contribution in [3.05, 3.63) is 156 Å². The van der Waals surface area contributed by atoms with Gasteiger partial charge in [0.05, 0.1) is 22.1 Å².